The first-order valence-corrected chi connectivity index (χ1v) is 12.7. The third kappa shape index (κ3) is 5.29. The predicted molar refractivity (Wildman–Crippen MR) is 140 cm³/mol. The molecule has 182 valence electrons. The minimum Gasteiger partial charge on any atom is -0.456 e. The smallest absolute Gasteiger partial charge is 0.271 e. The molecular weight excluding hydrogens is 460 g/mol. The number of likely N-dealkylation sites (tertiary alicyclic amines) is 1. The number of rotatable bonds is 7. The van der Waals surface area contributed by atoms with Crippen LogP contribution in [0.3, 0.4) is 0 Å². The Morgan fingerprint density at radius 1 is 1.14 bits per heavy atom. The Labute approximate surface area is 210 Å². The van der Waals surface area contributed by atoms with Gasteiger partial charge in [0.2, 0.25) is 0 Å². The van der Waals surface area contributed by atoms with Crippen LogP contribution in [0.25, 0.3) is 22.3 Å². The lowest BCUT2D eigenvalue weighted by Gasteiger charge is -2.30. The number of nitrogens with one attached hydrogen (secondary N) is 1. The average molecular weight is 491 g/mol. The lowest BCUT2D eigenvalue weighted by molar-refractivity contribution is 0.0931. The molecule has 0 spiro atoms. The lowest BCUT2D eigenvalue weighted by Crippen LogP contribution is -2.38. The third-order valence-electron chi connectivity index (χ3n) is 6.96. The summed E-state index contributed by atoms with van der Waals surface area (Å²) in [5.41, 5.74) is 4.08. The van der Waals surface area contributed by atoms with Gasteiger partial charge >= 0.3 is 0 Å². The van der Waals surface area contributed by atoms with E-state index < -0.39 is 0 Å². The molecule has 0 aliphatic carbocycles. The van der Waals surface area contributed by atoms with Crippen LogP contribution in [0, 0.1) is 12.8 Å². The second kappa shape index (κ2) is 10.3. The zero-order valence-electron chi connectivity index (χ0n) is 20.3. The van der Waals surface area contributed by atoms with Gasteiger partial charge in [-0.05, 0) is 69.6 Å². The van der Waals surface area contributed by atoms with Crippen LogP contribution < -0.4 is 5.32 Å². The topological polar surface area (TPSA) is 63.3 Å². The number of aryl methyl sites for hydroxylation is 1. The fourth-order valence-corrected chi connectivity index (χ4v) is 5.07. The molecular formula is C28H31ClN4O2. The SMILES string of the molecule is CCN1CCC(CNC(=O)c2cc(C)n(Cc3cc(Cl)cc4cc(-c5ccccc5)oc34)n2)CC1. The lowest BCUT2D eigenvalue weighted by atomic mass is 9.97. The largest absolute Gasteiger partial charge is 0.456 e. The number of aromatic nitrogens is 2. The van der Waals surface area contributed by atoms with Gasteiger partial charge in [0.15, 0.2) is 0 Å². The van der Waals surface area contributed by atoms with Crippen molar-refractivity contribution in [1.82, 2.24) is 20.0 Å². The minimum absolute atomic E-state index is 0.120. The molecule has 2 aromatic heterocycles. The molecule has 5 rings (SSSR count). The van der Waals surface area contributed by atoms with E-state index in [4.69, 9.17) is 16.0 Å². The summed E-state index contributed by atoms with van der Waals surface area (Å²) in [7, 11) is 0. The molecule has 0 atom stereocenters. The van der Waals surface area contributed by atoms with E-state index in [1.54, 1.807) is 0 Å². The molecule has 1 amide bonds. The van der Waals surface area contributed by atoms with Crippen LogP contribution >= 0.6 is 11.6 Å². The number of nitrogens with zero attached hydrogens (tertiary/aromatic N) is 3. The monoisotopic (exact) mass is 490 g/mol. The van der Waals surface area contributed by atoms with Gasteiger partial charge < -0.3 is 14.6 Å². The highest BCUT2D eigenvalue weighted by atomic mass is 35.5. The Bertz CT molecular complexity index is 1320. The van der Waals surface area contributed by atoms with Crippen LogP contribution in [0.2, 0.25) is 5.02 Å². The Balaban J connectivity index is 1.31. The zero-order chi connectivity index (χ0) is 24.4. The van der Waals surface area contributed by atoms with Gasteiger partial charge in [-0.3, -0.25) is 9.48 Å². The normalized spacial score (nSPS) is 15.1. The van der Waals surface area contributed by atoms with Gasteiger partial charge in [0.25, 0.3) is 5.91 Å². The van der Waals surface area contributed by atoms with Gasteiger partial charge in [0.05, 0.1) is 6.54 Å². The number of hydrogen-bond donors (Lipinski definition) is 1. The molecule has 35 heavy (non-hydrogen) atoms. The first-order valence-electron chi connectivity index (χ1n) is 12.3. The molecule has 0 radical (unpaired) electrons. The summed E-state index contributed by atoms with van der Waals surface area (Å²) in [5.74, 6) is 1.21. The van der Waals surface area contributed by atoms with E-state index >= 15 is 0 Å². The molecule has 0 bridgehead atoms. The molecule has 0 saturated carbocycles. The summed E-state index contributed by atoms with van der Waals surface area (Å²) >= 11 is 6.44. The van der Waals surface area contributed by atoms with Gasteiger partial charge in [0, 0.05) is 33.8 Å². The van der Waals surface area contributed by atoms with E-state index in [-0.39, 0.29) is 5.91 Å². The number of halogens is 1. The highest BCUT2D eigenvalue weighted by molar-refractivity contribution is 6.31. The summed E-state index contributed by atoms with van der Waals surface area (Å²) in [6.45, 7) is 8.64. The van der Waals surface area contributed by atoms with E-state index in [9.17, 15) is 4.79 Å². The predicted octanol–water partition coefficient (Wildman–Crippen LogP) is 5.77. The summed E-state index contributed by atoms with van der Waals surface area (Å²) in [4.78, 5) is 15.3. The van der Waals surface area contributed by atoms with Crippen LogP contribution in [0.5, 0.6) is 0 Å². The molecule has 1 saturated heterocycles. The van der Waals surface area contributed by atoms with Crippen LogP contribution in [0.4, 0.5) is 0 Å². The molecule has 1 aliphatic heterocycles. The molecule has 1 aliphatic rings. The fraction of sp³-hybridized carbons (Fsp3) is 0.357. The standard InChI is InChI=1S/C28H31ClN4O2/c1-3-32-11-9-20(10-12-32)17-30-28(34)25-13-19(2)33(31-25)18-23-15-24(29)14-22-16-26(35-27(22)23)21-7-5-4-6-8-21/h4-8,13-16,20H,3,9-12,17-18H2,1-2H3,(H,30,34). The van der Waals surface area contributed by atoms with Crippen molar-refractivity contribution >= 4 is 28.5 Å². The maximum absolute atomic E-state index is 12.8. The molecule has 0 unspecified atom stereocenters. The van der Waals surface area contributed by atoms with Gasteiger partial charge in [-0.15, -0.1) is 0 Å². The van der Waals surface area contributed by atoms with Gasteiger partial charge in [-0.25, -0.2) is 0 Å². The Hall–Kier alpha value is -3.09. The van der Waals surface area contributed by atoms with Crippen LogP contribution in [0.1, 0.15) is 41.5 Å². The van der Waals surface area contributed by atoms with Crippen molar-refractivity contribution in [2.24, 2.45) is 5.92 Å². The van der Waals surface area contributed by atoms with Crippen molar-refractivity contribution in [2.45, 2.75) is 33.2 Å². The number of fused-ring (bicyclic) bond motifs is 1. The van der Waals surface area contributed by atoms with Crippen molar-refractivity contribution in [1.29, 1.82) is 0 Å². The first kappa shape index (κ1) is 23.6. The molecule has 2 aromatic carbocycles. The summed E-state index contributed by atoms with van der Waals surface area (Å²) < 4.78 is 8.08. The Morgan fingerprint density at radius 3 is 2.66 bits per heavy atom. The number of carbonyl (C=O) groups excluding carboxylic acids is 1. The van der Waals surface area contributed by atoms with E-state index in [1.165, 1.54) is 0 Å². The zero-order valence-corrected chi connectivity index (χ0v) is 21.0. The van der Waals surface area contributed by atoms with E-state index in [1.807, 2.05) is 66.2 Å². The van der Waals surface area contributed by atoms with Gasteiger partial charge in [-0.1, -0.05) is 48.9 Å². The van der Waals surface area contributed by atoms with Crippen molar-refractivity contribution in [2.75, 3.05) is 26.2 Å². The maximum atomic E-state index is 12.8. The first-order chi connectivity index (χ1) is 17.0. The molecule has 6 nitrogen and oxygen atoms in total. The molecule has 7 heteroatoms. The minimum atomic E-state index is -0.120. The van der Waals surface area contributed by atoms with Gasteiger partial charge in [-0.2, -0.15) is 5.10 Å². The third-order valence-corrected chi connectivity index (χ3v) is 7.17. The maximum Gasteiger partial charge on any atom is 0.271 e. The highest BCUT2D eigenvalue weighted by Gasteiger charge is 2.20. The average Bonchev–Trinajstić information content (AvgIpc) is 3.47. The number of carbonyl (C=O) groups is 1. The Morgan fingerprint density at radius 2 is 1.91 bits per heavy atom. The van der Waals surface area contributed by atoms with Crippen LogP contribution in [0.15, 0.2) is 59.0 Å². The number of hydrogen-bond acceptors (Lipinski definition) is 4. The van der Waals surface area contributed by atoms with Crippen molar-refractivity contribution in [3.63, 3.8) is 0 Å². The fourth-order valence-electron chi connectivity index (χ4n) is 4.82. The number of amides is 1. The number of furan rings is 1. The van der Waals surface area contributed by atoms with E-state index in [0.29, 0.717) is 29.7 Å². The summed E-state index contributed by atoms with van der Waals surface area (Å²) in [6.07, 6.45) is 2.25. The Kier molecular flexibility index (Phi) is 6.93. The van der Waals surface area contributed by atoms with Crippen LogP contribution in [-0.4, -0.2) is 46.8 Å². The van der Waals surface area contributed by atoms with Gasteiger partial charge in [0.1, 0.15) is 17.0 Å². The van der Waals surface area contributed by atoms with Crippen molar-refractivity contribution in [3.8, 4) is 11.3 Å². The van der Waals surface area contributed by atoms with Crippen molar-refractivity contribution in [3.05, 3.63) is 76.6 Å². The second-order valence-corrected chi connectivity index (χ2v) is 9.81. The summed E-state index contributed by atoms with van der Waals surface area (Å²) in [6, 6.07) is 17.7. The summed E-state index contributed by atoms with van der Waals surface area (Å²) in [5, 5.41) is 9.29. The number of benzene rings is 2. The van der Waals surface area contributed by atoms with Crippen LogP contribution in [-0.2, 0) is 6.54 Å². The highest BCUT2D eigenvalue weighted by Crippen LogP contribution is 2.32. The second-order valence-electron chi connectivity index (χ2n) is 9.38. The molecule has 1 N–H and O–H groups in total. The van der Waals surface area contributed by atoms with Crippen molar-refractivity contribution < 1.29 is 9.21 Å². The molecule has 3 heterocycles. The molecule has 1 fully saturated rings. The molecule has 4 aromatic rings. The number of piperidine rings is 1. The van der Waals surface area contributed by atoms with E-state index in [2.05, 4.69) is 22.2 Å². The quantitative estimate of drug-likeness (QED) is 0.357. The van der Waals surface area contributed by atoms with E-state index in [0.717, 1.165) is 66.0 Å².